The lowest BCUT2D eigenvalue weighted by Gasteiger charge is -2.07. The van der Waals surface area contributed by atoms with E-state index in [4.69, 9.17) is 4.74 Å². The van der Waals surface area contributed by atoms with Crippen molar-refractivity contribution >= 4 is 17.8 Å². The van der Waals surface area contributed by atoms with Gasteiger partial charge in [0.05, 0.1) is 20.5 Å². The van der Waals surface area contributed by atoms with Crippen LogP contribution in [0.25, 0.3) is 5.57 Å². The highest BCUT2D eigenvalue weighted by Gasteiger charge is 2.15. The maximum Gasteiger partial charge on any atom is 0.341 e. The number of carbonyl (C=O) groups excluding carboxylic acids is 2. The summed E-state index contributed by atoms with van der Waals surface area (Å²) in [6, 6.07) is 6.73. The average molecular weight is 220 g/mol. The van der Waals surface area contributed by atoms with Crippen molar-refractivity contribution in [1.29, 1.82) is 0 Å². The summed E-state index contributed by atoms with van der Waals surface area (Å²) in [4.78, 5) is 22.3. The van der Waals surface area contributed by atoms with Gasteiger partial charge in [0.15, 0.2) is 6.29 Å². The van der Waals surface area contributed by atoms with Crippen molar-refractivity contribution in [1.82, 2.24) is 0 Å². The summed E-state index contributed by atoms with van der Waals surface area (Å²) in [7, 11) is 2.70. The Morgan fingerprint density at radius 2 is 1.94 bits per heavy atom. The number of benzene rings is 1. The summed E-state index contributed by atoms with van der Waals surface area (Å²) >= 11 is 0. The standard InChI is InChI=1S/C12H12O4/c1-15-8-11(12(14)16-2)10-6-4-3-5-9(10)7-13/h3-8H,1-2H3/b11-8+. The van der Waals surface area contributed by atoms with Gasteiger partial charge in [0.25, 0.3) is 0 Å². The van der Waals surface area contributed by atoms with Gasteiger partial charge in [-0.05, 0) is 0 Å². The smallest absolute Gasteiger partial charge is 0.341 e. The number of aldehydes is 1. The SMILES string of the molecule is CO/C=C(/C(=O)OC)c1ccccc1C=O. The molecule has 0 aliphatic rings. The maximum absolute atomic E-state index is 11.5. The molecule has 0 amide bonds. The number of carbonyl (C=O) groups is 2. The topological polar surface area (TPSA) is 52.6 Å². The van der Waals surface area contributed by atoms with Crippen LogP contribution in [0, 0.1) is 0 Å². The Bertz CT molecular complexity index is 421. The minimum atomic E-state index is -0.545. The van der Waals surface area contributed by atoms with Gasteiger partial charge in [0.2, 0.25) is 0 Å². The number of ether oxygens (including phenoxy) is 2. The summed E-state index contributed by atoms with van der Waals surface area (Å²) in [5, 5.41) is 0. The number of methoxy groups -OCH3 is 2. The molecule has 1 rings (SSSR count). The number of hydrogen-bond acceptors (Lipinski definition) is 4. The van der Waals surface area contributed by atoms with Crippen LogP contribution >= 0.6 is 0 Å². The summed E-state index contributed by atoms with van der Waals surface area (Å²) in [5.74, 6) is -0.545. The second kappa shape index (κ2) is 5.70. The van der Waals surface area contributed by atoms with Gasteiger partial charge >= 0.3 is 5.97 Å². The zero-order valence-corrected chi connectivity index (χ0v) is 9.10. The van der Waals surface area contributed by atoms with Gasteiger partial charge in [-0.2, -0.15) is 0 Å². The van der Waals surface area contributed by atoms with E-state index >= 15 is 0 Å². The van der Waals surface area contributed by atoms with E-state index in [-0.39, 0.29) is 5.57 Å². The fraction of sp³-hybridized carbons (Fsp3) is 0.167. The fourth-order valence-electron chi connectivity index (χ4n) is 1.29. The van der Waals surface area contributed by atoms with Gasteiger partial charge in [0.1, 0.15) is 5.57 Å². The molecule has 84 valence electrons. The van der Waals surface area contributed by atoms with Crippen LogP contribution in [0.2, 0.25) is 0 Å². The molecule has 0 aliphatic heterocycles. The minimum Gasteiger partial charge on any atom is -0.503 e. The van der Waals surface area contributed by atoms with Gasteiger partial charge in [-0.25, -0.2) is 4.79 Å². The quantitative estimate of drug-likeness (QED) is 0.335. The van der Waals surface area contributed by atoms with E-state index in [1.807, 2.05) is 0 Å². The molecule has 0 saturated carbocycles. The highest BCUT2D eigenvalue weighted by atomic mass is 16.5. The van der Waals surface area contributed by atoms with E-state index in [1.165, 1.54) is 20.5 Å². The highest BCUT2D eigenvalue weighted by Crippen LogP contribution is 2.19. The summed E-state index contributed by atoms with van der Waals surface area (Å²) in [5.41, 5.74) is 1.12. The van der Waals surface area contributed by atoms with E-state index in [0.717, 1.165) is 0 Å². The van der Waals surface area contributed by atoms with Crippen LogP contribution < -0.4 is 0 Å². The third-order valence-electron chi connectivity index (χ3n) is 2.02. The molecular formula is C12H12O4. The third-order valence-corrected chi connectivity index (χ3v) is 2.02. The zero-order valence-electron chi connectivity index (χ0n) is 9.10. The van der Waals surface area contributed by atoms with E-state index in [1.54, 1.807) is 24.3 Å². The molecule has 0 aliphatic carbocycles. The predicted octanol–water partition coefficient (Wildman–Crippen LogP) is 1.66. The Kier molecular flexibility index (Phi) is 4.27. The summed E-state index contributed by atoms with van der Waals surface area (Å²) < 4.78 is 9.42. The molecule has 1 aromatic carbocycles. The molecule has 1 aromatic rings. The summed E-state index contributed by atoms with van der Waals surface area (Å²) in [6.45, 7) is 0. The molecule has 0 aromatic heterocycles. The van der Waals surface area contributed by atoms with Crippen LogP contribution in [0.5, 0.6) is 0 Å². The molecule has 0 unspecified atom stereocenters. The molecular weight excluding hydrogens is 208 g/mol. The first-order valence-corrected chi connectivity index (χ1v) is 4.60. The van der Waals surface area contributed by atoms with Gasteiger partial charge in [-0.15, -0.1) is 0 Å². The van der Waals surface area contributed by atoms with Crippen LogP contribution in [0.3, 0.4) is 0 Å². The first kappa shape index (κ1) is 12.0. The second-order valence-corrected chi connectivity index (χ2v) is 2.96. The van der Waals surface area contributed by atoms with E-state index in [0.29, 0.717) is 17.4 Å². The van der Waals surface area contributed by atoms with Crippen molar-refractivity contribution in [3.05, 3.63) is 41.7 Å². The molecule has 0 heterocycles. The second-order valence-electron chi connectivity index (χ2n) is 2.96. The molecule has 0 atom stereocenters. The zero-order chi connectivity index (χ0) is 12.0. The molecule has 4 nitrogen and oxygen atoms in total. The Labute approximate surface area is 93.5 Å². The summed E-state index contributed by atoms with van der Waals surface area (Å²) in [6.07, 6.45) is 1.94. The molecule has 0 N–H and O–H groups in total. The average Bonchev–Trinajstić information content (AvgIpc) is 2.35. The van der Waals surface area contributed by atoms with Crippen LogP contribution in [0.15, 0.2) is 30.5 Å². The van der Waals surface area contributed by atoms with Crippen LogP contribution in [-0.2, 0) is 14.3 Å². The Morgan fingerprint density at radius 3 is 2.50 bits per heavy atom. The van der Waals surface area contributed by atoms with Crippen molar-refractivity contribution in [3.63, 3.8) is 0 Å². The van der Waals surface area contributed by atoms with Crippen molar-refractivity contribution in [3.8, 4) is 0 Å². The Hall–Kier alpha value is -2.10. The number of rotatable bonds is 4. The fourth-order valence-corrected chi connectivity index (χ4v) is 1.29. The normalized spacial score (nSPS) is 10.8. The molecule has 0 spiro atoms. The number of esters is 1. The van der Waals surface area contributed by atoms with Crippen molar-refractivity contribution < 1.29 is 19.1 Å². The maximum atomic E-state index is 11.5. The van der Waals surface area contributed by atoms with Crippen LogP contribution in [0.4, 0.5) is 0 Å². The van der Waals surface area contributed by atoms with E-state index in [9.17, 15) is 9.59 Å². The Morgan fingerprint density at radius 1 is 1.25 bits per heavy atom. The molecule has 0 bridgehead atoms. The molecule has 0 radical (unpaired) electrons. The minimum absolute atomic E-state index is 0.215. The lowest BCUT2D eigenvalue weighted by atomic mass is 10.0. The lowest BCUT2D eigenvalue weighted by molar-refractivity contribution is -0.133. The van der Waals surface area contributed by atoms with Gasteiger partial charge < -0.3 is 9.47 Å². The van der Waals surface area contributed by atoms with Crippen molar-refractivity contribution in [2.45, 2.75) is 0 Å². The van der Waals surface area contributed by atoms with E-state index in [2.05, 4.69) is 4.74 Å². The van der Waals surface area contributed by atoms with Crippen molar-refractivity contribution in [2.75, 3.05) is 14.2 Å². The first-order valence-electron chi connectivity index (χ1n) is 4.60. The van der Waals surface area contributed by atoms with E-state index < -0.39 is 5.97 Å². The molecule has 16 heavy (non-hydrogen) atoms. The number of hydrogen-bond donors (Lipinski definition) is 0. The largest absolute Gasteiger partial charge is 0.503 e. The molecule has 4 heteroatoms. The molecule has 0 saturated heterocycles. The first-order chi connectivity index (χ1) is 7.74. The third kappa shape index (κ3) is 2.48. The highest BCUT2D eigenvalue weighted by molar-refractivity contribution is 6.17. The Balaban J connectivity index is 3.26. The van der Waals surface area contributed by atoms with Crippen LogP contribution in [0.1, 0.15) is 15.9 Å². The van der Waals surface area contributed by atoms with Crippen molar-refractivity contribution in [2.24, 2.45) is 0 Å². The van der Waals surface area contributed by atoms with Gasteiger partial charge in [-0.3, -0.25) is 4.79 Å². The molecule has 0 fully saturated rings. The lowest BCUT2D eigenvalue weighted by Crippen LogP contribution is -2.06. The monoisotopic (exact) mass is 220 g/mol. The predicted molar refractivity (Wildman–Crippen MR) is 58.8 cm³/mol. The van der Waals surface area contributed by atoms with Crippen LogP contribution in [-0.4, -0.2) is 26.5 Å². The van der Waals surface area contributed by atoms with Gasteiger partial charge in [0, 0.05) is 11.1 Å². The van der Waals surface area contributed by atoms with Gasteiger partial charge in [-0.1, -0.05) is 24.3 Å².